The molecule has 0 amide bonds. The Morgan fingerprint density at radius 3 is 2.23 bits per heavy atom. The maximum atomic E-state index is 6.20. The Labute approximate surface area is 175 Å². The van der Waals surface area contributed by atoms with E-state index in [4.69, 9.17) is 60.7 Å². The van der Waals surface area contributed by atoms with Crippen molar-refractivity contribution in [3.8, 4) is 11.5 Å². The van der Waals surface area contributed by atoms with Gasteiger partial charge in [-0.3, -0.25) is 0 Å². The molecule has 1 aromatic carbocycles. The highest BCUT2D eigenvalue weighted by Gasteiger charge is 2.10. The van der Waals surface area contributed by atoms with Gasteiger partial charge in [-0.05, 0) is 18.9 Å². The maximum Gasteiger partial charge on any atom is 0.156 e. The van der Waals surface area contributed by atoms with Crippen molar-refractivity contribution < 1.29 is 14.3 Å². The van der Waals surface area contributed by atoms with Crippen molar-refractivity contribution in [2.45, 2.75) is 33.6 Å². The third kappa shape index (κ3) is 10.4. The summed E-state index contributed by atoms with van der Waals surface area (Å²) in [6, 6.07) is 3.26. The van der Waals surface area contributed by atoms with Crippen molar-refractivity contribution in [1.82, 2.24) is 0 Å². The number of nitrogens with zero attached hydrogens (tertiary/aromatic N) is 1. The van der Waals surface area contributed by atoms with Crippen LogP contribution in [0.5, 0.6) is 11.5 Å². The summed E-state index contributed by atoms with van der Waals surface area (Å²) in [6.07, 6.45) is 4.89. The quantitative estimate of drug-likeness (QED) is 0.224. The normalized spacial score (nSPS) is 11.5. The van der Waals surface area contributed by atoms with Crippen molar-refractivity contribution in [3.63, 3.8) is 0 Å². The molecular formula is C18H23Cl4NO3. The molecule has 1 rings (SSSR count). The zero-order chi connectivity index (χ0) is 19.6. The molecule has 0 aliphatic carbocycles. The molecule has 0 saturated carbocycles. The van der Waals surface area contributed by atoms with E-state index in [1.54, 1.807) is 18.3 Å². The fraction of sp³-hybridized carbons (Fsp3) is 0.500. The number of hydrogen-bond donors (Lipinski definition) is 0. The van der Waals surface area contributed by atoms with Gasteiger partial charge in [-0.25, -0.2) is 0 Å². The van der Waals surface area contributed by atoms with Crippen LogP contribution in [0.2, 0.25) is 10.0 Å². The van der Waals surface area contributed by atoms with Crippen LogP contribution in [0, 0.1) is 5.41 Å². The summed E-state index contributed by atoms with van der Waals surface area (Å²) in [4.78, 5) is 5.20. The van der Waals surface area contributed by atoms with E-state index < -0.39 is 0 Å². The Morgan fingerprint density at radius 1 is 1.04 bits per heavy atom. The summed E-state index contributed by atoms with van der Waals surface area (Å²) in [5.74, 6) is 0.932. The van der Waals surface area contributed by atoms with Gasteiger partial charge < -0.3 is 14.3 Å². The molecule has 0 N–H and O–H groups in total. The topological polar surface area (TPSA) is 40.0 Å². The van der Waals surface area contributed by atoms with Crippen LogP contribution in [-0.2, 0) is 4.84 Å². The first kappa shape index (κ1) is 23.2. The van der Waals surface area contributed by atoms with Gasteiger partial charge in [0.05, 0.1) is 16.7 Å². The summed E-state index contributed by atoms with van der Waals surface area (Å²) in [7, 11) is 0. The van der Waals surface area contributed by atoms with Crippen molar-refractivity contribution in [3.05, 3.63) is 32.7 Å². The van der Waals surface area contributed by atoms with Gasteiger partial charge in [-0.1, -0.05) is 72.3 Å². The largest absolute Gasteiger partial charge is 0.490 e. The molecule has 0 atom stereocenters. The van der Waals surface area contributed by atoms with Gasteiger partial charge in [0.25, 0.3) is 0 Å². The molecule has 0 aliphatic rings. The molecule has 0 radical (unpaired) electrons. The minimum absolute atomic E-state index is 0.0129. The molecule has 146 valence electrons. The predicted molar refractivity (Wildman–Crippen MR) is 110 cm³/mol. The lowest BCUT2D eigenvalue weighted by Gasteiger charge is -2.12. The van der Waals surface area contributed by atoms with Crippen LogP contribution in [0.3, 0.4) is 0 Å². The fourth-order valence-electron chi connectivity index (χ4n) is 1.65. The lowest BCUT2D eigenvalue weighted by molar-refractivity contribution is 0.135. The molecule has 0 fully saturated rings. The Balaban J connectivity index is 2.36. The van der Waals surface area contributed by atoms with Gasteiger partial charge in [0.2, 0.25) is 0 Å². The molecule has 0 spiro atoms. The second-order valence-electron chi connectivity index (χ2n) is 6.51. The molecule has 0 heterocycles. The van der Waals surface area contributed by atoms with Gasteiger partial charge in [0.15, 0.2) is 5.75 Å². The Bertz CT molecular complexity index is 600. The minimum Gasteiger partial charge on any atom is -0.490 e. The molecule has 26 heavy (non-hydrogen) atoms. The highest BCUT2D eigenvalue weighted by Crippen LogP contribution is 2.37. The van der Waals surface area contributed by atoms with E-state index >= 15 is 0 Å². The van der Waals surface area contributed by atoms with Crippen molar-refractivity contribution >= 4 is 52.6 Å². The van der Waals surface area contributed by atoms with Crippen LogP contribution in [0.4, 0.5) is 0 Å². The summed E-state index contributed by atoms with van der Waals surface area (Å²) in [6.45, 7) is 7.38. The summed E-state index contributed by atoms with van der Waals surface area (Å²) in [5.41, 5.74) is 0.0129. The summed E-state index contributed by atoms with van der Waals surface area (Å²) >= 11 is 23.4. The average molecular weight is 443 g/mol. The van der Waals surface area contributed by atoms with Gasteiger partial charge in [-0.15, -0.1) is 0 Å². The van der Waals surface area contributed by atoms with Gasteiger partial charge >= 0.3 is 0 Å². The highest BCUT2D eigenvalue weighted by atomic mass is 35.5. The third-order valence-electron chi connectivity index (χ3n) is 2.85. The molecule has 0 aromatic heterocycles. The van der Waals surface area contributed by atoms with Crippen molar-refractivity contribution in [2.24, 2.45) is 10.6 Å². The number of halogens is 4. The molecular weight excluding hydrogens is 420 g/mol. The zero-order valence-electron chi connectivity index (χ0n) is 15.0. The smallest absolute Gasteiger partial charge is 0.156 e. The van der Waals surface area contributed by atoms with E-state index in [1.807, 2.05) is 0 Å². The molecule has 0 aliphatic heterocycles. The predicted octanol–water partition coefficient (Wildman–Crippen LogP) is 6.90. The van der Waals surface area contributed by atoms with Crippen LogP contribution in [0.15, 0.2) is 27.9 Å². The monoisotopic (exact) mass is 441 g/mol. The number of oxime groups is 1. The average Bonchev–Trinajstić information content (AvgIpc) is 2.50. The fourth-order valence-corrected chi connectivity index (χ4v) is 2.35. The van der Waals surface area contributed by atoms with Crippen LogP contribution in [-0.4, -0.2) is 26.0 Å². The molecule has 0 unspecified atom stereocenters. The van der Waals surface area contributed by atoms with Crippen molar-refractivity contribution in [1.29, 1.82) is 0 Å². The second-order valence-corrected chi connectivity index (χ2v) is 8.33. The van der Waals surface area contributed by atoms with E-state index in [0.717, 1.165) is 12.8 Å². The number of ether oxygens (including phenoxy) is 2. The Kier molecular flexibility index (Phi) is 10.6. The lowest BCUT2D eigenvalue weighted by Crippen LogP contribution is -2.06. The second kappa shape index (κ2) is 11.8. The molecule has 4 nitrogen and oxygen atoms in total. The van der Waals surface area contributed by atoms with E-state index in [1.165, 1.54) is 6.08 Å². The SMILES string of the molecule is CC(C)(C)/C=N/OCCCCOc1c(Cl)cc(OCC=C(Cl)Cl)cc1Cl. The lowest BCUT2D eigenvalue weighted by atomic mass is 10.00. The number of benzene rings is 1. The van der Waals surface area contributed by atoms with E-state index in [0.29, 0.717) is 34.8 Å². The standard InChI is InChI=1S/C18H23Cl4NO3/c1-18(2,3)12-23-26-8-5-4-7-25-17-14(19)10-13(11-15(17)20)24-9-6-16(21)22/h6,10-12H,4-5,7-9H2,1-3H3/b23-12+. The highest BCUT2D eigenvalue weighted by molar-refractivity contribution is 6.55. The van der Waals surface area contributed by atoms with Crippen LogP contribution in [0.25, 0.3) is 0 Å². The first-order valence-corrected chi connectivity index (χ1v) is 9.62. The minimum atomic E-state index is 0.0129. The van der Waals surface area contributed by atoms with Crippen LogP contribution in [0.1, 0.15) is 33.6 Å². The van der Waals surface area contributed by atoms with Crippen LogP contribution >= 0.6 is 46.4 Å². The number of unbranched alkanes of at least 4 members (excludes halogenated alkanes) is 1. The van der Waals surface area contributed by atoms with Gasteiger partial charge in [0, 0.05) is 23.8 Å². The molecule has 0 saturated heterocycles. The first-order chi connectivity index (χ1) is 12.2. The van der Waals surface area contributed by atoms with Crippen LogP contribution < -0.4 is 9.47 Å². The number of hydrogen-bond acceptors (Lipinski definition) is 4. The Hall–Kier alpha value is -0.810. The van der Waals surface area contributed by atoms with Gasteiger partial charge in [-0.2, -0.15) is 0 Å². The van der Waals surface area contributed by atoms with E-state index in [2.05, 4.69) is 25.9 Å². The Morgan fingerprint density at radius 2 is 1.65 bits per heavy atom. The summed E-state index contributed by atoms with van der Waals surface area (Å²) in [5, 5.41) is 4.68. The zero-order valence-corrected chi connectivity index (χ0v) is 18.1. The van der Waals surface area contributed by atoms with Gasteiger partial charge in [0.1, 0.15) is 23.5 Å². The third-order valence-corrected chi connectivity index (χ3v) is 3.72. The summed E-state index contributed by atoms with van der Waals surface area (Å²) < 4.78 is 11.2. The number of rotatable bonds is 10. The molecule has 8 heteroatoms. The maximum absolute atomic E-state index is 6.20. The van der Waals surface area contributed by atoms with E-state index in [-0.39, 0.29) is 16.5 Å². The van der Waals surface area contributed by atoms with Crippen molar-refractivity contribution in [2.75, 3.05) is 19.8 Å². The van der Waals surface area contributed by atoms with E-state index in [9.17, 15) is 0 Å². The first-order valence-electron chi connectivity index (χ1n) is 8.11. The molecule has 1 aromatic rings. The molecule has 0 bridgehead atoms.